The summed E-state index contributed by atoms with van der Waals surface area (Å²) in [6.45, 7) is 0.677. The van der Waals surface area contributed by atoms with Gasteiger partial charge in [0.1, 0.15) is 11.8 Å². The zero-order valence-corrected chi connectivity index (χ0v) is 11.5. The summed E-state index contributed by atoms with van der Waals surface area (Å²) in [7, 11) is 3.65. The van der Waals surface area contributed by atoms with Crippen LogP contribution >= 0.6 is 0 Å². The number of nitrogens with two attached hydrogens (primary N) is 1. The number of ether oxygens (including phenoxy) is 1. The second-order valence-electron chi connectivity index (χ2n) is 5.31. The van der Waals surface area contributed by atoms with Gasteiger partial charge in [-0.15, -0.1) is 0 Å². The zero-order valence-electron chi connectivity index (χ0n) is 11.5. The molecule has 0 amide bonds. The fourth-order valence-corrected chi connectivity index (χ4v) is 3.06. The van der Waals surface area contributed by atoms with Gasteiger partial charge >= 0.3 is 0 Å². The van der Waals surface area contributed by atoms with Crippen molar-refractivity contribution in [1.82, 2.24) is 14.5 Å². The zero-order chi connectivity index (χ0) is 13.4. The highest BCUT2D eigenvalue weighted by Crippen LogP contribution is 2.41. The number of hydrogen-bond donors (Lipinski definition) is 1. The van der Waals surface area contributed by atoms with Crippen molar-refractivity contribution in [3.63, 3.8) is 0 Å². The first kappa shape index (κ1) is 12.4. The molecular weight excluding hydrogens is 240 g/mol. The van der Waals surface area contributed by atoms with Crippen molar-refractivity contribution in [2.75, 3.05) is 13.7 Å². The maximum atomic E-state index is 6.00. The molecular formula is C14H20N4O. The van der Waals surface area contributed by atoms with Gasteiger partial charge in [-0.3, -0.25) is 0 Å². The molecule has 0 bridgehead atoms. The van der Waals surface area contributed by atoms with Gasteiger partial charge in [0.25, 0.3) is 0 Å². The molecule has 102 valence electrons. The van der Waals surface area contributed by atoms with E-state index in [2.05, 4.69) is 16.2 Å². The first-order valence-electron chi connectivity index (χ1n) is 6.80. The fraction of sp³-hybridized carbons (Fsp3) is 0.571. The van der Waals surface area contributed by atoms with E-state index >= 15 is 0 Å². The van der Waals surface area contributed by atoms with Crippen LogP contribution in [-0.2, 0) is 7.05 Å². The molecule has 1 unspecified atom stereocenters. The van der Waals surface area contributed by atoms with Gasteiger partial charge in [0.05, 0.1) is 12.6 Å². The number of rotatable bonds is 4. The van der Waals surface area contributed by atoms with E-state index in [0.717, 1.165) is 11.0 Å². The highest BCUT2D eigenvalue weighted by Gasteiger charge is 2.30. The van der Waals surface area contributed by atoms with Crippen LogP contribution in [0.5, 0.6) is 5.88 Å². The topological polar surface area (TPSA) is 66.0 Å². The van der Waals surface area contributed by atoms with Crippen molar-refractivity contribution in [1.29, 1.82) is 0 Å². The molecule has 0 aliphatic heterocycles. The predicted molar refractivity (Wildman–Crippen MR) is 74.2 cm³/mol. The third kappa shape index (κ3) is 1.89. The number of aromatic nitrogens is 3. The Hall–Kier alpha value is -1.62. The Kier molecular flexibility index (Phi) is 3.14. The third-order valence-electron chi connectivity index (χ3n) is 4.31. The molecule has 2 aromatic rings. The minimum atomic E-state index is 0.400. The van der Waals surface area contributed by atoms with Gasteiger partial charge in [0.2, 0.25) is 5.88 Å². The fourth-order valence-electron chi connectivity index (χ4n) is 3.06. The maximum absolute atomic E-state index is 6.00. The van der Waals surface area contributed by atoms with Crippen molar-refractivity contribution >= 4 is 11.0 Å². The molecule has 2 aromatic heterocycles. The van der Waals surface area contributed by atoms with Crippen molar-refractivity contribution in [3.05, 3.63) is 18.1 Å². The smallest absolute Gasteiger partial charge is 0.241 e. The standard InChI is InChI=1S/C14H20N4O/c1-18-7-11(10(6-15)9-4-3-5-9)12-13(18)14(19-2)17-8-16-12/h7-10H,3-6,15H2,1-2H3. The van der Waals surface area contributed by atoms with Crippen molar-refractivity contribution < 1.29 is 4.74 Å². The number of methoxy groups -OCH3 is 1. The Bertz CT molecular complexity index is 588. The van der Waals surface area contributed by atoms with Gasteiger partial charge in [-0.25, -0.2) is 4.98 Å². The van der Waals surface area contributed by atoms with Crippen molar-refractivity contribution in [2.45, 2.75) is 25.2 Å². The Balaban J connectivity index is 2.13. The minimum Gasteiger partial charge on any atom is -0.479 e. The molecule has 1 saturated carbocycles. The molecule has 1 aliphatic carbocycles. The van der Waals surface area contributed by atoms with Gasteiger partial charge in [-0.05, 0) is 25.3 Å². The lowest BCUT2D eigenvalue weighted by atomic mass is 9.73. The molecule has 2 N–H and O–H groups in total. The molecule has 0 radical (unpaired) electrons. The monoisotopic (exact) mass is 260 g/mol. The number of fused-ring (bicyclic) bond motifs is 1. The lowest BCUT2D eigenvalue weighted by Crippen LogP contribution is -2.26. The summed E-state index contributed by atoms with van der Waals surface area (Å²) in [5.41, 5.74) is 9.18. The second-order valence-corrected chi connectivity index (χ2v) is 5.31. The first-order valence-corrected chi connectivity index (χ1v) is 6.80. The van der Waals surface area contributed by atoms with E-state index in [4.69, 9.17) is 10.5 Å². The summed E-state index contributed by atoms with van der Waals surface area (Å²) in [5.74, 6) is 1.73. The molecule has 1 aliphatic rings. The highest BCUT2D eigenvalue weighted by molar-refractivity contribution is 5.84. The second kappa shape index (κ2) is 4.81. The minimum absolute atomic E-state index is 0.400. The van der Waals surface area contributed by atoms with Crippen LogP contribution in [0.15, 0.2) is 12.5 Å². The van der Waals surface area contributed by atoms with E-state index < -0.39 is 0 Å². The third-order valence-corrected chi connectivity index (χ3v) is 4.31. The van der Waals surface area contributed by atoms with Crippen molar-refractivity contribution in [2.24, 2.45) is 18.7 Å². The summed E-state index contributed by atoms with van der Waals surface area (Å²) in [5, 5.41) is 0. The molecule has 0 spiro atoms. The van der Waals surface area contributed by atoms with Crippen molar-refractivity contribution in [3.8, 4) is 5.88 Å². The van der Waals surface area contributed by atoms with Gasteiger partial charge < -0.3 is 15.0 Å². The van der Waals surface area contributed by atoms with Crippen LogP contribution in [0.25, 0.3) is 11.0 Å². The van der Waals surface area contributed by atoms with Crippen LogP contribution in [0.3, 0.4) is 0 Å². The van der Waals surface area contributed by atoms with Gasteiger partial charge in [-0.1, -0.05) is 6.42 Å². The molecule has 1 atom stereocenters. The molecule has 1 fully saturated rings. The Labute approximate surface area is 112 Å². The molecule has 0 saturated heterocycles. The molecule has 5 nitrogen and oxygen atoms in total. The summed E-state index contributed by atoms with van der Waals surface area (Å²) in [6.07, 6.45) is 7.59. The number of nitrogens with zero attached hydrogens (tertiary/aromatic N) is 3. The molecule has 3 rings (SSSR count). The SMILES string of the molecule is COc1ncnc2c(C(CN)C3CCC3)cn(C)c12. The highest BCUT2D eigenvalue weighted by atomic mass is 16.5. The van der Waals surface area contributed by atoms with E-state index in [9.17, 15) is 0 Å². The maximum Gasteiger partial charge on any atom is 0.241 e. The van der Waals surface area contributed by atoms with E-state index in [1.54, 1.807) is 13.4 Å². The summed E-state index contributed by atoms with van der Waals surface area (Å²) in [6, 6.07) is 0. The van der Waals surface area contributed by atoms with Crippen LogP contribution in [0.2, 0.25) is 0 Å². The Morgan fingerprint density at radius 3 is 2.84 bits per heavy atom. The summed E-state index contributed by atoms with van der Waals surface area (Å²) < 4.78 is 7.38. The molecule has 0 aromatic carbocycles. The normalized spacial score (nSPS) is 17.4. The molecule has 5 heteroatoms. The van der Waals surface area contributed by atoms with Gasteiger partial charge in [0, 0.05) is 24.7 Å². The largest absolute Gasteiger partial charge is 0.479 e. The van der Waals surface area contributed by atoms with E-state index in [-0.39, 0.29) is 0 Å². The van der Waals surface area contributed by atoms with Crippen LogP contribution in [0.1, 0.15) is 30.7 Å². The lowest BCUT2D eigenvalue weighted by molar-refractivity contribution is 0.265. The van der Waals surface area contributed by atoms with E-state index in [0.29, 0.717) is 24.3 Å². The lowest BCUT2D eigenvalue weighted by Gasteiger charge is -2.32. The van der Waals surface area contributed by atoms with Gasteiger partial charge in [0.15, 0.2) is 0 Å². The van der Waals surface area contributed by atoms with Crippen LogP contribution in [0.4, 0.5) is 0 Å². The van der Waals surface area contributed by atoms with E-state index in [1.807, 2.05) is 11.6 Å². The van der Waals surface area contributed by atoms with Crippen LogP contribution in [-0.4, -0.2) is 28.2 Å². The number of aryl methyl sites for hydroxylation is 1. The quantitative estimate of drug-likeness (QED) is 0.910. The predicted octanol–water partition coefficient (Wildman–Crippen LogP) is 1.82. The summed E-state index contributed by atoms with van der Waals surface area (Å²) >= 11 is 0. The van der Waals surface area contributed by atoms with Crippen LogP contribution in [0, 0.1) is 5.92 Å². The average molecular weight is 260 g/mol. The molecule has 19 heavy (non-hydrogen) atoms. The Morgan fingerprint density at radius 1 is 1.47 bits per heavy atom. The van der Waals surface area contributed by atoms with Crippen LogP contribution < -0.4 is 10.5 Å². The van der Waals surface area contributed by atoms with Gasteiger partial charge in [-0.2, -0.15) is 4.98 Å². The molecule has 2 heterocycles. The number of hydrogen-bond acceptors (Lipinski definition) is 4. The Morgan fingerprint density at radius 2 is 2.26 bits per heavy atom. The average Bonchev–Trinajstić information content (AvgIpc) is 2.71. The first-order chi connectivity index (χ1) is 9.26. The van der Waals surface area contributed by atoms with E-state index in [1.165, 1.54) is 24.8 Å². The summed E-state index contributed by atoms with van der Waals surface area (Å²) in [4.78, 5) is 8.63.